The third-order valence-electron chi connectivity index (χ3n) is 7.17. The first kappa shape index (κ1) is 18.9. The average molecular weight is 379 g/mol. The maximum absolute atomic E-state index is 10.2. The van der Waals surface area contributed by atoms with Crippen molar-refractivity contribution in [1.29, 1.82) is 0 Å². The molecule has 1 aromatic heterocycles. The van der Waals surface area contributed by atoms with Gasteiger partial charge in [-0.3, -0.25) is 9.80 Å². The van der Waals surface area contributed by atoms with E-state index >= 15 is 0 Å². The standard InChI is InChI=1S/C21H34N2O2S/c1-17-2-3-20(26-17)15-22-9-6-21(7-10-22)8-11-23(14-18(21)16-24)19-4-12-25-13-5-19/h2-3,18-19,24H,4-16H2,1H3/t18-/m0/s1. The van der Waals surface area contributed by atoms with Crippen molar-refractivity contribution < 1.29 is 9.84 Å². The molecular formula is C21H34N2O2S. The molecule has 0 radical (unpaired) electrons. The molecule has 4 heterocycles. The lowest BCUT2D eigenvalue weighted by molar-refractivity contribution is -0.0669. The van der Waals surface area contributed by atoms with Gasteiger partial charge in [-0.15, -0.1) is 11.3 Å². The summed E-state index contributed by atoms with van der Waals surface area (Å²) in [6.45, 7) is 10.1. The number of thiophene rings is 1. The van der Waals surface area contributed by atoms with Crippen molar-refractivity contribution in [2.75, 3.05) is 46.0 Å². The minimum Gasteiger partial charge on any atom is -0.396 e. The summed E-state index contributed by atoms with van der Waals surface area (Å²) in [5.41, 5.74) is 0.373. The molecule has 3 aliphatic heterocycles. The Hall–Kier alpha value is -0.460. The van der Waals surface area contributed by atoms with Crippen LogP contribution in [0.25, 0.3) is 0 Å². The lowest BCUT2D eigenvalue weighted by atomic mass is 9.64. The van der Waals surface area contributed by atoms with Gasteiger partial charge in [0.25, 0.3) is 0 Å². The minimum atomic E-state index is 0.351. The molecule has 4 nitrogen and oxygen atoms in total. The number of likely N-dealkylation sites (tertiary alicyclic amines) is 2. The van der Waals surface area contributed by atoms with Gasteiger partial charge in [-0.25, -0.2) is 0 Å². The van der Waals surface area contributed by atoms with Crippen LogP contribution in [0.5, 0.6) is 0 Å². The molecule has 4 rings (SSSR count). The van der Waals surface area contributed by atoms with Crippen molar-refractivity contribution in [1.82, 2.24) is 9.80 Å². The first-order chi connectivity index (χ1) is 12.7. The first-order valence-corrected chi connectivity index (χ1v) is 11.2. The van der Waals surface area contributed by atoms with E-state index in [1.165, 1.54) is 61.5 Å². The molecule has 3 fully saturated rings. The molecule has 0 aromatic carbocycles. The summed E-state index contributed by atoms with van der Waals surface area (Å²) in [7, 11) is 0. The van der Waals surface area contributed by atoms with Crippen LogP contribution in [0.2, 0.25) is 0 Å². The predicted molar refractivity (Wildman–Crippen MR) is 107 cm³/mol. The highest BCUT2D eigenvalue weighted by Gasteiger charge is 2.45. The Balaban J connectivity index is 1.33. The molecular weight excluding hydrogens is 344 g/mol. The molecule has 0 unspecified atom stereocenters. The van der Waals surface area contributed by atoms with E-state index in [0.29, 0.717) is 24.0 Å². The van der Waals surface area contributed by atoms with Crippen molar-refractivity contribution in [3.8, 4) is 0 Å². The van der Waals surface area contributed by atoms with E-state index in [4.69, 9.17) is 4.74 Å². The Morgan fingerprint density at radius 3 is 2.54 bits per heavy atom. The number of nitrogens with zero attached hydrogens (tertiary/aromatic N) is 2. The van der Waals surface area contributed by atoms with Crippen LogP contribution in [0.1, 0.15) is 41.9 Å². The second-order valence-corrected chi connectivity index (χ2v) is 9.99. The van der Waals surface area contributed by atoms with E-state index in [0.717, 1.165) is 26.3 Å². The Bertz CT molecular complexity index is 576. The van der Waals surface area contributed by atoms with Crippen LogP contribution in [-0.2, 0) is 11.3 Å². The van der Waals surface area contributed by atoms with Gasteiger partial charge < -0.3 is 9.84 Å². The van der Waals surface area contributed by atoms with E-state index in [1.807, 2.05) is 11.3 Å². The average Bonchev–Trinajstić information content (AvgIpc) is 3.09. The lowest BCUT2D eigenvalue weighted by Gasteiger charge is -2.53. The maximum Gasteiger partial charge on any atom is 0.0480 e. The third-order valence-corrected chi connectivity index (χ3v) is 8.16. The van der Waals surface area contributed by atoms with Crippen LogP contribution >= 0.6 is 11.3 Å². The Morgan fingerprint density at radius 1 is 1.15 bits per heavy atom. The van der Waals surface area contributed by atoms with Gasteiger partial charge in [0.2, 0.25) is 0 Å². The number of hydrogen-bond donors (Lipinski definition) is 1. The second kappa shape index (κ2) is 8.27. The monoisotopic (exact) mass is 378 g/mol. The molecule has 1 aromatic rings. The van der Waals surface area contributed by atoms with E-state index in [-0.39, 0.29) is 0 Å². The zero-order chi connectivity index (χ0) is 18.0. The number of aliphatic hydroxyl groups excluding tert-OH is 1. The van der Waals surface area contributed by atoms with Crippen LogP contribution in [0.15, 0.2) is 12.1 Å². The Labute approximate surface area is 162 Å². The normalized spacial score (nSPS) is 28.6. The summed E-state index contributed by atoms with van der Waals surface area (Å²) >= 11 is 1.93. The molecule has 0 aliphatic carbocycles. The van der Waals surface area contributed by atoms with Gasteiger partial charge in [0.15, 0.2) is 0 Å². The van der Waals surface area contributed by atoms with Crippen LogP contribution in [0, 0.1) is 18.3 Å². The highest BCUT2D eigenvalue weighted by Crippen LogP contribution is 2.46. The summed E-state index contributed by atoms with van der Waals surface area (Å²) in [6, 6.07) is 5.20. The van der Waals surface area contributed by atoms with Crippen molar-refractivity contribution in [2.24, 2.45) is 11.3 Å². The predicted octanol–water partition coefficient (Wildman–Crippen LogP) is 3.13. The quantitative estimate of drug-likeness (QED) is 0.873. The lowest BCUT2D eigenvalue weighted by Crippen LogP contribution is -2.56. The fourth-order valence-corrected chi connectivity index (χ4v) is 6.31. The third kappa shape index (κ3) is 4.02. The molecule has 3 aliphatic rings. The number of ether oxygens (including phenoxy) is 1. The second-order valence-electron chi connectivity index (χ2n) is 8.62. The molecule has 3 saturated heterocycles. The van der Waals surface area contributed by atoms with Gasteiger partial charge in [-0.05, 0) is 76.2 Å². The largest absolute Gasteiger partial charge is 0.396 e. The van der Waals surface area contributed by atoms with Gasteiger partial charge >= 0.3 is 0 Å². The van der Waals surface area contributed by atoms with Gasteiger partial charge in [0, 0.05) is 54.6 Å². The van der Waals surface area contributed by atoms with Gasteiger partial charge in [-0.2, -0.15) is 0 Å². The highest BCUT2D eigenvalue weighted by molar-refractivity contribution is 7.11. The van der Waals surface area contributed by atoms with Crippen molar-refractivity contribution in [2.45, 2.75) is 51.6 Å². The SMILES string of the molecule is Cc1ccc(CN2CCC3(CC2)CCN(C2CCOCC2)C[C@H]3CO)s1. The summed E-state index contributed by atoms with van der Waals surface area (Å²) in [5.74, 6) is 0.449. The number of aliphatic hydroxyl groups is 1. The summed E-state index contributed by atoms with van der Waals surface area (Å²) in [4.78, 5) is 8.19. The summed E-state index contributed by atoms with van der Waals surface area (Å²) in [6.07, 6.45) is 6.11. The minimum absolute atomic E-state index is 0.351. The summed E-state index contributed by atoms with van der Waals surface area (Å²) in [5, 5.41) is 10.2. The molecule has 26 heavy (non-hydrogen) atoms. The fraction of sp³-hybridized carbons (Fsp3) is 0.810. The summed E-state index contributed by atoms with van der Waals surface area (Å²) < 4.78 is 5.53. The van der Waals surface area contributed by atoms with Crippen molar-refractivity contribution in [3.63, 3.8) is 0 Å². The molecule has 1 spiro atoms. The topological polar surface area (TPSA) is 35.9 Å². The van der Waals surface area contributed by atoms with Crippen LogP contribution < -0.4 is 0 Å². The number of piperidine rings is 2. The smallest absolute Gasteiger partial charge is 0.0480 e. The van der Waals surface area contributed by atoms with E-state index in [9.17, 15) is 5.11 Å². The first-order valence-electron chi connectivity index (χ1n) is 10.4. The Morgan fingerprint density at radius 2 is 1.88 bits per heavy atom. The fourth-order valence-electron chi connectivity index (χ4n) is 5.38. The molecule has 0 saturated carbocycles. The molecule has 146 valence electrons. The van der Waals surface area contributed by atoms with Gasteiger partial charge in [-0.1, -0.05) is 0 Å². The number of hydrogen-bond acceptors (Lipinski definition) is 5. The highest BCUT2D eigenvalue weighted by atomic mass is 32.1. The van der Waals surface area contributed by atoms with E-state index < -0.39 is 0 Å². The van der Waals surface area contributed by atoms with Crippen LogP contribution in [0.3, 0.4) is 0 Å². The molecule has 1 N–H and O–H groups in total. The van der Waals surface area contributed by atoms with Gasteiger partial charge in [0.1, 0.15) is 0 Å². The molecule has 0 bridgehead atoms. The zero-order valence-electron chi connectivity index (χ0n) is 16.2. The molecule has 1 atom stereocenters. The maximum atomic E-state index is 10.2. The number of rotatable bonds is 4. The van der Waals surface area contributed by atoms with Crippen LogP contribution in [-0.4, -0.2) is 66.9 Å². The van der Waals surface area contributed by atoms with Crippen LogP contribution in [0.4, 0.5) is 0 Å². The zero-order valence-corrected chi connectivity index (χ0v) is 17.0. The molecule has 0 amide bonds. The van der Waals surface area contributed by atoms with Gasteiger partial charge in [0.05, 0.1) is 0 Å². The molecule has 5 heteroatoms. The van der Waals surface area contributed by atoms with Crippen molar-refractivity contribution >= 4 is 11.3 Å². The van der Waals surface area contributed by atoms with Crippen molar-refractivity contribution in [3.05, 3.63) is 21.9 Å². The van der Waals surface area contributed by atoms with E-state index in [2.05, 4.69) is 28.9 Å². The Kier molecular flexibility index (Phi) is 6.01. The van der Waals surface area contributed by atoms with E-state index in [1.54, 1.807) is 0 Å². The number of aryl methyl sites for hydroxylation is 1.